The van der Waals surface area contributed by atoms with Gasteiger partial charge in [0.2, 0.25) is 0 Å². The van der Waals surface area contributed by atoms with E-state index in [1.807, 2.05) is 20.8 Å². The molecule has 5 N–H and O–H groups in total. The fourth-order valence-corrected chi connectivity index (χ4v) is 6.48. The van der Waals surface area contributed by atoms with Crippen LogP contribution in [0.3, 0.4) is 0 Å². The quantitative estimate of drug-likeness (QED) is 0.571. The van der Waals surface area contributed by atoms with E-state index >= 15 is 0 Å². The van der Waals surface area contributed by atoms with Crippen LogP contribution >= 0.6 is 22.9 Å². The average molecular weight is 439 g/mol. The SMILES string of the molecule is CC(C)(C)C1C(NS(=O)(=O)c2sc(Cl)cc2NC(N)=O)CCCN1C(=O)O. The summed E-state index contributed by atoms with van der Waals surface area (Å²) < 4.78 is 28.5. The highest BCUT2D eigenvalue weighted by atomic mass is 35.5. The van der Waals surface area contributed by atoms with Gasteiger partial charge in [-0.1, -0.05) is 32.4 Å². The second-order valence-corrected chi connectivity index (χ2v) is 11.0. The molecule has 0 radical (unpaired) electrons. The lowest BCUT2D eigenvalue weighted by Crippen LogP contribution is -2.61. The van der Waals surface area contributed by atoms with Crippen molar-refractivity contribution in [1.29, 1.82) is 0 Å². The van der Waals surface area contributed by atoms with Gasteiger partial charge >= 0.3 is 12.1 Å². The highest BCUT2D eigenvalue weighted by Crippen LogP contribution is 2.37. The number of nitrogens with two attached hydrogens (primary N) is 1. The summed E-state index contributed by atoms with van der Waals surface area (Å²) in [5.41, 5.74) is 4.58. The topological polar surface area (TPSA) is 142 Å². The number of rotatable bonds is 4. The first-order valence-corrected chi connectivity index (χ1v) is 10.9. The van der Waals surface area contributed by atoms with Crippen molar-refractivity contribution >= 4 is 50.8 Å². The third-order valence-corrected chi connectivity index (χ3v) is 7.53. The van der Waals surface area contributed by atoms with Crippen LogP contribution in [0.15, 0.2) is 10.3 Å². The van der Waals surface area contributed by atoms with E-state index in [4.69, 9.17) is 17.3 Å². The maximum absolute atomic E-state index is 12.9. The molecule has 3 amide bonds. The minimum atomic E-state index is -4.06. The highest BCUT2D eigenvalue weighted by Gasteiger charge is 2.43. The van der Waals surface area contributed by atoms with Gasteiger partial charge in [-0.3, -0.25) is 0 Å². The Morgan fingerprint density at radius 1 is 1.41 bits per heavy atom. The third-order valence-electron chi connectivity index (χ3n) is 4.24. The van der Waals surface area contributed by atoms with Crippen LogP contribution in [0.4, 0.5) is 15.3 Å². The predicted molar refractivity (Wildman–Crippen MR) is 104 cm³/mol. The molecular formula is C15H23ClN4O5S2. The van der Waals surface area contributed by atoms with Crippen molar-refractivity contribution in [3.8, 4) is 0 Å². The molecule has 1 aromatic rings. The molecule has 1 aromatic heterocycles. The van der Waals surface area contributed by atoms with Crippen molar-refractivity contribution in [2.75, 3.05) is 11.9 Å². The molecule has 1 aliphatic rings. The number of carboxylic acid groups (broad SMARTS) is 1. The zero-order valence-electron chi connectivity index (χ0n) is 15.2. The van der Waals surface area contributed by atoms with E-state index in [1.165, 1.54) is 11.0 Å². The smallest absolute Gasteiger partial charge is 0.407 e. The number of halogens is 1. The Balaban J connectivity index is 2.38. The van der Waals surface area contributed by atoms with Gasteiger partial charge in [0, 0.05) is 12.6 Å². The van der Waals surface area contributed by atoms with Crippen molar-refractivity contribution in [1.82, 2.24) is 9.62 Å². The van der Waals surface area contributed by atoms with Gasteiger partial charge < -0.3 is 21.1 Å². The maximum atomic E-state index is 12.9. The van der Waals surface area contributed by atoms with Crippen LogP contribution < -0.4 is 15.8 Å². The minimum Gasteiger partial charge on any atom is -0.465 e. The number of carbonyl (C=O) groups is 2. The number of thiophene rings is 1. The normalized spacial score (nSPS) is 21.1. The average Bonchev–Trinajstić information content (AvgIpc) is 2.86. The maximum Gasteiger partial charge on any atom is 0.407 e. The van der Waals surface area contributed by atoms with Gasteiger partial charge in [-0.25, -0.2) is 22.7 Å². The van der Waals surface area contributed by atoms with Crippen LogP contribution in [0.25, 0.3) is 0 Å². The largest absolute Gasteiger partial charge is 0.465 e. The van der Waals surface area contributed by atoms with E-state index in [0.29, 0.717) is 19.4 Å². The Bertz CT molecular complexity index is 834. The molecule has 2 unspecified atom stereocenters. The molecule has 152 valence electrons. The van der Waals surface area contributed by atoms with E-state index in [-0.39, 0.29) is 14.2 Å². The van der Waals surface area contributed by atoms with Gasteiger partial charge in [-0.05, 0) is 24.3 Å². The first-order chi connectivity index (χ1) is 12.3. The van der Waals surface area contributed by atoms with Crippen LogP contribution in [-0.4, -0.2) is 49.2 Å². The number of urea groups is 1. The third kappa shape index (κ3) is 5.03. The van der Waals surface area contributed by atoms with E-state index in [1.54, 1.807) is 0 Å². The first kappa shape index (κ1) is 21.7. The lowest BCUT2D eigenvalue weighted by Gasteiger charge is -2.46. The number of nitrogens with one attached hydrogen (secondary N) is 2. The summed E-state index contributed by atoms with van der Waals surface area (Å²) >= 11 is 6.69. The molecule has 1 fully saturated rings. The monoisotopic (exact) mass is 438 g/mol. The van der Waals surface area contributed by atoms with Crippen LogP contribution in [0, 0.1) is 5.41 Å². The van der Waals surface area contributed by atoms with E-state index in [2.05, 4.69) is 10.0 Å². The van der Waals surface area contributed by atoms with Crippen molar-refractivity contribution < 1.29 is 23.1 Å². The zero-order valence-corrected chi connectivity index (χ0v) is 17.5. The minimum absolute atomic E-state index is 0.0109. The second-order valence-electron chi connectivity index (χ2n) is 7.40. The summed E-state index contributed by atoms with van der Waals surface area (Å²) in [6, 6.07) is -0.788. The zero-order chi connectivity index (χ0) is 20.6. The first-order valence-electron chi connectivity index (χ1n) is 8.20. The number of hydrogen-bond donors (Lipinski definition) is 4. The van der Waals surface area contributed by atoms with E-state index in [9.17, 15) is 23.1 Å². The molecule has 27 heavy (non-hydrogen) atoms. The van der Waals surface area contributed by atoms with Gasteiger partial charge in [0.25, 0.3) is 10.0 Å². The Morgan fingerprint density at radius 3 is 2.56 bits per heavy atom. The van der Waals surface area contributed by atoms with Crippen molar-refractivity contribution in [2.45, 2.75) is 49.9 Å². The Hall–Kier alpha value is -1.56. The number of anilines is 1. The second kappa shape index (κ2) is 7.82. The lowest BCUT2D eigenvalue weighted by atomic mass is 9.78. The molecule has 0 aliphatic carbocycles. The number of piperidine rings is 1. The van der Waals surface area contributed by atoms with E-state index in [0.717, 1.165) is 11.3 Å². The number of amides is 3. The van der Waals surface area contributed by atoms with Gasteiger partial charge in [0.1, 0.15) is 0 Å². The van der Waals surface area contributed by atoms with Crippen LogP contribution in [0.5, 0.6) is 0 Å². The Morgan fingerprint density at radius 2 is 2.04 bits per heavy atom. The van der Waals surface area contributed by atoms with Crippen molar-refractivity contribution in [3.05, 3.63) is 10.4 Å². The van der Waals surface area contributed by atoms with Crippen LogP contribution in [0.1, 0.15) is 33.6 Å². The number of hydrogen-bond acceptors (Lipinski definition) is 5. The fraction of sp³-hybridized carbons (Fsp3) is 0.600. The van der Waals surface area contributed by atoms with E-state index < -0.39 is 39.6 Å². The molecular weight excluding hydrogens is 416 g/mol. The molecule has 2 heterocycles. The summed E-state index contributed by atoms with van der Waals surface area (Å²) in [6.45, 7) is 5.93. The highest BCUT2D eigenvalue weighted by molar-refractivity contribution is 7.91. The van der Waals surface area contributed by atoms with Crippen molar-refractivity contribution in [3.63, 3.8) is 0 Å². The number of primary amides is 1. The molecule has 2 rings (SSSR count). The van der Waals surface area contributed by atoms with Gasteiger partial charge in [-0.15, -0.1) is 11.3 Å². The number of likely N-dealkylation sites (tertiary alicyclic amines) is 1. The van der Waals surface area contributed by atoms with Gasteiger partial charge in [-0.2, -0.15) is 0 Å². The molecule has 1 aliphatic heterocycles. The standard InChI is InChI=1S/C15H23ClN4O5S2/c1-15(2,3)11-8(5-4-6-20(11)14(22)23)19-27(24,25)12-9(18-13(17)21)7-10(16)26-12/h7-8,11,19H,4-6H2,1-3H3,(H,22,23)(H3,17,18,21). The number of sulfonamides is 1. The Labute approximate surface area is 166 Å². The molecule has 0 aromatic carbocycles. The molecule has 0 spiro atoms. The molecule has 1 saturated heterocycles. The molecule has 2 atom stereocenters. The van der Waals surface area contributed by atoms with Crippen molar-refractivity contribution in [2.24, 2.45) is 11.1 Å². The summed E-state index contributed by atoms with van der Waals surface area (Å²) in [5.74, 6) is 0. The van der Waals surface area contributed by atoms with Gasteiger partial charge in [0.15, 0.2) is 4.21 Å². The van der Waals surface area contributed by atoms with Crippen LogP contribution in [-0.2, 0) is 10.0 Å². The Kier molecular flexibility index (Phi) is 6.30. The molecule has 9 nitrogen and oxygen atoms in total. The lowest BCUT2D eigenvalue weighted by molar-refractivity contribution is 0.0434. The summed E-state index contributed by atoms with van der Waals surface area (Å²) in [5, 5.41) is 11.8. The molecule has 12 heteroatoms. The number of nitrogens with zero attached hydrogens (tertiary/aromatic N) is 1. The summed E-state index contributed by atoms with van der Waals surface area (Å²) in [4.78, 5) is 24.1. The summed E-state index contributed by atoms with van der Waals surface area (Å²) in [6.07, 6.45) is -0.0687. The predicted octanol–water partition coefficient (Wildman–Crippen LogP) is 2.73. The number of carbonyl (C=O) groups excluding carboxylic acids is 1. The summed E-state index contributed by atoms with van der Waals surface area (Å²) in [7, 11) is -4.06. The molecule has 0 bridgehead atoms. The van der Waals surface area contributed by atoms with Crippen LogP contribution in [0.2, 0.25) is 4.34 Å². The molecule has 0 saturated carbocycles. The fourth-order valence-electron chi connectivity index (χ4n) is 3.42. The van der Waals surface area contributed by atoms with Gasteiger partial charge in [0.05, 0.1) is 16.1 Å².